The van der Waals surface area contributed by atoms with Crippen LogP contribution in [0.15, 0.2) is 22.7 Å². The third-order valence-corrected chi connectivity index (χ3v) is 3.32. The van der Waals surface area contributed by atoms with E-state index >= 15 is 0 Å². The van der Waals surface area contributed by atoms with Gasteiger partial charge in [0, 0.05) is 10.0 Å². The van der Waals surface area contributed by atoms with Crippen molar-refractivity contribution in [1.82, 2.24) is 0 Å². The fourth-order valence-electron chi connectivity index (χ4n) is 2.11. The molecule has 1 aliphatic rings. The summed E-state index contributed by atoms with van der Waals surface area (Å²) in [4.78, 5) is 0. The van der Waals surface area contributed by atoms with Crippen molar-refractivity contribution in [1.29, 1.82) is 0 Å². The Morgan fingerprint density at radius 3 is 3.00 bits per heavy atom. The third kappa shape index (κ3) is 1.65. The SMILES string of the molecule is CC1(N)CCCc2cc(Br)ccc21. The summed E-state index contributed by atoms with van der Waals surface area (Å²) in [5.41, 5.74) is 8.84. The van der Waals surface area contributed by atoms with Crippen molar-refractivity contribution in [2.75, 3.05) is 0 Å². The number of aryl methyl sites for hydroxylation is 1. The van der Waals surface area contributed by atoms with Crippen LogP contribution in [0.5, 0.6) is 0 Å². The Balaban J connectivity index is 2.53. The fourth-order valence-corrected chi connectivity index (χ4v) is 2.52. The van der Waals surface area contributed by atoms with Crippen LogP contribution in [-0.4, -0.2) is 0 Å². The van der Waals surface area contributed by atoms with Crippen LogP contribution < -0.4 is 5.73 Å². The first-order valence-electron chi connectivity index (χ1n) is 4.67. The predicted octanol–water partition coefficient (Wildman–Crippen LogP) is 2.96. The molecule has 0 saturated heterocycles. The lowest BCUT2D eigenvalue weighted by molar-refractivity contribution is 0.409. The van der Waals surface area contributed by atoms with Crippen LogP contribution in [0.3, 0.4) is 0 Å². The monoisotopic (exact) mass is 239 g/mol. The van der Waals surface area contributed by atoms with Gasteiger partial charge in [-0.2, -0.15) is 0 Å². The highest BCUT2D eigenvalue weighted by Gasteiger charge is 2.27. The number of rotatable bonds is 0. The largest absolute Gasteiger partial charge is 0.322 e. The van der Waals surface area contributed by atoms with Crippen LogP contribution in [0, 0.1) is 0 Å². The average Bonchev–Trinajstić information content (AvgIpc) is 2.02. The zero-order valence-electron chi connectivity index (χ0n) is 7.81. The van der Waals surface area contributed by atoms with Crippen LogP contribution in [0.1, 0.15) is 30.9 Å². The van der Waals surface area contributed by atoms with E-state index in [-0.39, 0.29) is 5.54 Å². The molecule has 1 atom stereocenters. The molecule has 0 fully saturated rings. The van der Waals surface area contributed by atoms with Gasteiger partial charge in [0.2, 0.25) is 0 Å². The Hall–Kier alpha value is -0.340. The van der Waals surface area contributed by atoms with Gasteiger partial charge in [0.1, 0.15) is 0 Å². The molecule has 0 heterocycles. The highest BCUT2D eigenvalue weighted by Crippen LogP contribution is 2.34. The van der Waals surface area contributed by atoms with Crippen molar-refractivity contribution >= 4 is 15.9 Å². The number of hydrogen-bond acceptors (Lipinski definition) is 1. The van der Waals surface area contributed by atoms with Gasteiger partial charge in [-0.1, -0.05) is 22.0 Å². The lowest BCUT2D eigenvalue weighted by Crippen LogP contribution is -2.36. The number of hydrogen-bond donors (Lipinski definition) is 1. The van der Waals surface area contributed by atoms with Crippen LogP contribution in [0.4, 0.5) is 0 Å². The first-order valence-corrected chi connectivity index (χ1v) is 5.47. The highest BCUT2D eigenvalue weighted by atomic mass is 79.9. The van der Waals surface area contributed by atoms with E-state index in [1.807, 2.05) is 0 Å². The highest BCUT2D eigenvalue weighted by molar-refractivity contribution is 9.10. The fraction of sp³-hybridized carbons (Fsp3) is 0.455. The second-order valence-electron chi connectivity index (χ2n) is 4.07. The Morgan fingerprint density at radius 1 is 1.46 bits per heavy atom. The molecule has 0 spiro atoms. The minimum Gasteiger partial charge on any atom is -0.322 e. The maximum atomic E-state index is 6.22. The zero-order chi connectivity index (χ0) is 9.47. The summed E-state index contributed by atoms with van der Waals surface area (Å²) in [5, 5.41) is 0. The van der Waals surface area contributed by atoms with Crippen molar-refractivity contribution in [3.05, 3.63) is 33.8 Å². The summed E-state index contributed by atoms with van der Waals surface area (Å²) in [6.07, 6.45) is 3.47. The van der Waals surface area contributed by atoms with Crippen LogP contribution in [0.25, 0.3) is 0 Å². The van der Waals surface area contributed by atoms with Gasteiger partial charge < -0.3 is 5.73 Å². The summed E-state index contributed by atoms with van der Waals surface area (Å²) in [6, 6.07) is 6.42. The minimum absolute atomic E-state index is 0.117. The van der Waals surface area contributed by atoms with Crippen LogP contribution in [-0.2, 0) is 12.0 Å². The van der Waals surface area contributed by atoms with Crippen molar-refractivity contribution in [3.63, 3.8) is 0 Å². The molecule has 2 rings (SSSR count). The summed E-state index contributed by atoms with van der Waals surface area (Å²) in [5.74, 6) is 0. The molecule has 0 saturated carbocycles. The van der Waals surface area contributed by atoms with Crippen LogP contribution >= 0.6 is 15.9 Å². The first kappa shape index (κ1) is 9.22. The summed E-state index contributed by atoms with van der Waals surface area (Å²) < 4.78 is 1.16. The van der Waals surface area contributed by atoms with Gasteiger partial charge in [-0.15, -0.1) is 0 Å². The van der Waals surface area contributed by atoms with E-state index in [0.717, 1.165) is 10.9 Å². The summed E-state index contributed by atoms with van der Waals surface area (Å²) >= 11 is 3.49. The maximum absolute atomic E-state index is 6.22. The summed E-state index contributed by atoms with van der Waals surface area (Å²) in [7, 11) is 0. The molecular weight excluding hydrogens is 226 g/mol. The molecule has 1 nitrogen and oxygen atoms in total. The molecule has 2 N–H and O–H groups in total. The van der Waals surface area contributed by atoms with E-state index in [9.17, 15) is 0 Å². The van der Waals surface area contributed by atoms with Crippen molar-refractivity contribution in [3.8, 4) is 0 Å². The number of halogens is 1. The van der Waals surface area contributed by atoms with Gasteiger partial charge >= 0.3 is 0 Å². The standard InChI is InChI=1S/C11H14BrN/c1-11(13)6-2-3-8-7-9(12)4-5-10(8)11/h4-5,7H,2-3,6,13H2,1H3. The molecule has 1 aromatic carbocycles. The van der Waals surface area contributed by atoms with E-state index in [4.69, 9.17) is 5.73 Å². The van der Waals surface area contributed by atoms with Gasteiger partial charge in [-0.3, -0.25) is 0 Å². The molecule has 70 valence electrons. The lowest BCUT2D eigenvalue weighted by Gasteiger charge is -2.32. The molecule has 1 aromatic rings. The smallest absolute Gasteiger partial charge is 0.0383 e. The lowest BCUT2D eigenvalue weighted by atomic mass is 9.79. The molecule has 0 amide bonds. The predicted molar refractivity (Wildman–Crippen MR) is 58.6 cm³/mol. The van der Waals surface area contributed by atoms with Crippen molar-refractivity contribution < 1.29 is 0 Å². The quantitative estimate of drug-likeness (QED) is 0.741. The zero-order valence-corrected chi connectivity index (χ0v) is 9.39. The molecule has 0 aromatic heterocycles. The van der Waals surface area contributed by atoms with Gasteiger partial charge in [0.25, 0.3) is 0 Å². The second-order valence-corrected chi connectivity index (χ2v) is 4.99. The Labute approximate surface area is 87.5 Å². The molecule has 13 heavy (non-hydrogen) atoms. The Morgan fingerprint density at radius 2 is 2.23 bits per heavy atom. The molecule has 1 aliphatic carbocycles. The molecule has 0 aliphatic heterocycles. The van der Waals surface area contributed by atoms with Gasteiger partial charge in [-0.25, -0.2) is 0 Å². The first-order chi connectivity index (χ1) is 6.09. The molecular formula is C11H14BrN. The number of nitrogens with two attached hydrogens (primary N) is 1. The van der Waals surface area contributed by atoms with E-state index in [1.54, 1.807) is 0 Å². The topological polar surface area (TPSA) is 26.0 Å². The Kier molecular flexibility index (Phi) is 2.20. The van der Waals surface area contributed by atoms with Crippen molar-refractivity contribution in [2.24, 2.45) is 5.73 Å². The Bertz CT molecular complexity index is 331. The molecule has 1 unspecified atom stereocenters. The normalized spacial score (nSPS) is 27.0. The number of benzene rings is 1. The average molecular weight is 240 g/mol. The molecule has 0 radical (unpaired) electrons. The van der Waals surface area contributed by atoms with E-state index in [2.05, 4.69) is 41.1 Å². The molecule has 2 heteroatoms. The third-order valence-electron chi connectivity index (χ3n) is 2.82. The summed E-state index contributed by atoms with van der Waals surface area (Å²) in [6.45, 7) is 2.12. The van der Waals surface area contributed by atoms with Gasteiger partial charge in [0.15, 0.2) is 0 Å². The number of fused-ring (bicyclic) bond motifs is 1. The minimum atomic E-state index is -0.117. The van der Waals surface area contributed by atoms with E-state index < -0.39 is 0 Å². The van der Waals surface area contributed by atoms with E-state index in [0.29, 0.717) is 0 Å². The van der Waals surface area contributed by atoms with Crippen molar-refractivity contribution in [2.45, 2.75) is 31.7 Å². The molecule has 0 bridgehead atoms. The van der Waals surface area contributed by atoms with Crippen LogP contribution in [0.2, 0.25) is 0 Å². The van der Waals surface area contributed by atoms with Gasteiger partial charge in [-0.05, 0) is 49.4 Å². The van der Waals surface area contributed by atoms with E-state index in [1.165, 1.54) is 24.0 Å². The second kappa shape index (κ2) is 3.10. The maximum Gasteiger partial charge on any atom is 0.0383 e. The van der Waals surface area contributed by atoms with Gasteiger partial charge in [0.05, 0.1) is 0 Å².